The molecule has 0 aliphatic heterocycles. The van der Waals surface area contributed by atoms with Gasteiger partial charge < -0.3 is 5.32 Å². The largest absolute Gasteiger partial charge is 0.435 e. The summed E-state index contributed by atoms with van der Waals surface area (Å²) in [5.41, 5.74) is -1.67. The van der Waals surface area contributed by atoms with Crippen LogP contribution in [0.2, 0.25) is 5.02 Å². The summed E-state index contributed by atoms with van der Waals surface area (Å²) < 4.78 is 54.1. The molecule has 0 bridgehead atoms. The Morgan fingerprint density at radius 1 is 1.19 bits per heavy atom. The highest BCUT2D eigenvalue weighted by atomic mass is 35.5. The topological polar surface area (TPSA) is 46.4 Å². The predicted molar refractivity (Wildman–Crippen MR) is 87.5 cm³/mol. The fourth-order valence-electron chi connectivity index (χ4n) is 2.53. The minimum Gasteiger partial charge on any atom is -0.344 e. The molecule has 0 saturated carbocycles. The van der Waals surface area contributed by atoms with Gasteiger partial charge in [-0.2, -0.15) is 13.2 Å². The molecule has 3 rings (SSSR count). The Balaban J connectivity index is 2.01. The van der Waals surface area contributed by atoms with Crippen molar-refractivity contribution in [2.24, 2.45) is 0 Å². The first-order valence-corrected chi connectivity index (χ1v) is 7.86. The molecule has 4 nitrogen and oxygen atoms in total. The van der Waals surface area contributed by atoms with Gasteiger partial charge in [0.1, 0.15) is 17.2 Å². The third-order valence-electron chi connectivity index (χ3n) is 3.78. The Labute approximate surface area is 150 Å². The van der Waals surface area contributed by atoms with Crippen LogP contribution < -0.4 is 5.32 Å². The van der Waals surface area contributed by atoms with Gasteiger partial charge in [0.15, 0.2) is 5.69 Å². The van der Waals surface area contributed by atoms with Gasteiger partial charge >= 0.3 is 6.18 Å². The number of hydrogen-bond acceptors (Lipinski definition) is 2. The maximum Gasteiger partial charge on any atom is 0.435 e. The zero-order valence-electron chi connectivity index (χ0n) is 13.3. The number of nitrogens with one attached hydrogen (secondary N) is 1. The highest BCUT2D eigenvalue weighted by molar-refractivity contribution is 6.30. The van der Waals surface area contributed by atoms with Crippen LogP contribution in [0.4, 0.5) is 17.6 Å². The van der Waals surface area contributed by atoms with Crippen molar-refractivity contribution < 1.29 is 22.4 Å². The molecule has 0 fully saturated rings. The van der Waals surface area contributed by atoms with Gasteiger partial charge in [0.2, 0.25) is 0 Å². The molecule has 1 amide bonds. The maximum absolute atomic E-state index is 13.5. The number of halogens is 5. The zero-order chi connectivity index (χ0) is 19.1. The molecule has 1 aromatic carbocycles. The van der Waals surface area contributed by atoms with E-state index in [0.717, 1.165) is 22.7 Å². The summed E-state index contributed by atoms with van der Waals surface area (Å²) in [4.78, 5) is 16.0. The quantitative estimate of drug-likeness (QED) is 0.668. The van der Waals surface area contributed by atoms with E-state index in [9.17, 15) is 22.4 Å². The van der Waals surface area contributed by atoms with Crippen LogP contribution in [0, 0.1) is 5.82 Å². The zero-order valence-corrected chi connectivity index (χ0v) is 14.1. The van der Waals surface area contributed by atoms with Gasteiger partial charge in [-0.3, -0.25) is 9.20 Å². The van der Waals surface area contributed by atoms with E-state index in [2.05, 4.69) is 10.3 Å². The molecule has 0 radical (unpaired) electrons. The van der Waals surface area contributed by atoms with Gasteiger partial charge in [-0.1, -0.05) is 23.7 Å². The lowest BCUT2D eigenvalue weighted by Gasteiger charge is -2.15. The summed E-state index contributed by atoms with van der Waals surface area (Å²) >= 11 is 5.79. The third kappa shape index (κ3) is 3.50. The van der Waals surface area contributed by atoms with Crippen molar-refractivity contribution in [2.75, 3.05) is 0 Å². The first-order valence-electron chi connectivity index (χ1n) is 7.48. The van der Waals surface area contributed by atoms with Crippen molar-refractivity contribution in [1.82, 2.24) is 14.7 Å². The summed E-state index contributed by atoms with van der Waals surface area (Å²) in [5, 5.41) is 2.97. The van der Waals surface area contributed by atoms with Crippen LogP contribution in [-0.2, 0) is 6.18 Å². The van der Waals surface area contributed by atoms with Crippen molar-refractivity contribution in [3.8, 4) is 0 Å². The minimum absolute atomic E-state index is 0.178. The van der Waals surface area contributed by atoms with E-state index in [1.54, 1.807) is 31.2 Å². The fraction of sp³-hybridized carbons (Fsp3) is 0.176. The van der Waals surface area contributed by atoms with Crippen molar-refractivity contribution in [3.05, 3.63) is 70.4 Å². The number of carbonyl (C=O) groups excluding carboxylic acids is 1. The monoisotopic (exact) mass is 385 g/mol. The first kappa shape index (κ1) is 18.2. The number of amides is 1. The van der Waals surface area contributed by atoms with E-state index >= 15 is 0 Å². The molecule has 9 heteroatoms. The summed E-state index contributed by atoms with van der Waals surface area (Å²) in [6.45, 7) is 1.61. The molecule has 0 saturated heterocycles. The van der Waals surface area contributed by atoms with E-state index in [-0.39, 0.29) is 5.65 Å². The van der Waals surface area contributed by atoms with Crippen LogP contribution in [0.15, 0.2) is 42.6 Å². The van der Waals surface area contributed by atoms with Gasteiger partial charge in [-0.15, -0.1) is 0 Å². The van der Waals surface area contributed by atoms with E-state index in [1.165, 1.54) is 0 Å². The lowest BCUT2D eigenvalue weighted by molar-refractivity contribution is -0.141. The summed E-state index contributed by atoms with van der Waals surface area (Å²) in [7, 11) is 0. The number of rotatable bonds is 3. The van der Waals surface area contributed by atoms with E-state index < -0.39 is 35.3 Å². The number of hydrogen-bond donors (Lipinski definition) is 1. The molecule has 1 atom stereocenters. The number of pyridine rings is 1. The summed E-state index contributed by atoms with van der Waals surface area (Å²) in [6.07, 6.45) is -4.07. The van der Waals surface area contributed by atoms with Gasteiger partial charge in [-0.25, -0.2) is 9.37 Å². The molecule has 2 heterocycles. The Hall–Kier alpha value is -2.61. The number of fused-ring (bicyclic) bond motifs is 1. The van der Waals surface area contributed by atoms with Crippen molar-refractivity contribution in [1.29, 1.82) is 0 Å². The van der Waals surface area contributed by atoms with Gasteiger partial charge in [-0.05, 0) is 36.8 Å². The molecule has 26 heavy (non-hydrogen) atoms. The Bertz CT molecular complexity index is 967. The van der Waals surface area contributed by atoms with Gasteiger partial charge in [0.25, 0.3) is 5.91 Å². The molecular weight excluding hydrogens is 374 g/mol. The predicted octanol–water partition coefficient (Wildman–Crippen LogP) is 4.64. The number of carbonyl (C=O) groups is 1. The fourth-order valence-corrected chi connectivity index (χ4v) is 2.66. The smallest absolute Gasteiger partial charge is 0.344 e. The lowest BCUT2D eigenvalue weighted by atomic mass is 10.1. The van der Waals surface area contributed by atoms with E-state index in [1.807, 2.05) is 0 Å². The second kappa shape index (κ2) is 6.60. The normalized spacial score (nSPS) is 13.0. The van der Waals surface area contributed by atoms with Crippen LogP contribution in [0.25, 0.3) is 5.65 Å². The van der Waals surface area contributed by atoms with Gasteiger partial charge in [0, 0.05) is 11.2 Å². The second-order valence-electron chi connectivity index (χ2n) is 5.63. The highest BCUT2D eigenvalue weighted by Gasteiger charge is 2.40. The average Bonchev–Trinajstić information content (AvgIpc) is 2.94. The molecule has 0 spiro atoms. The second-order valence-corrected chi connectivity index (χ2v) is 6.07. The van der Waals surface area contributed by atoms with Crippen molar-refractivity contribution in [2.45, 2.75) is 19.1 Å². The molecule has 1 unspecified atom stereocenters. The van der Waals surface area contributed by atoms with Crippen molar-refractivity contribution >= 4 is 23.2 Å². The summed E-state index contributed by atoms with van der Waals surface area (Å²) in [5.74, 6) is -1.80. The molecule has 2 aromatic heterocycles. The highest BCUT2D eigenvalue weighted by Crippen LogP contribution is 2.32. The number of aromatic nitrogens is 2. The van der Waals surface area contributed by atoms with Crippen LogP contribution in [-0.4, -0.2) is 15.3 Å². The Morgan fingerprint density at radius 3 is 2.46 bits per heavy atom. The first-order chi connectivity index (χ1) is 12.2. The van der Waals surface area contributed by atoms with E-state index in [4.69, 9.17) is 11.6 Å². The minimum atomic E-state index is -4.86. The van der Waals surface area contributed by atoms with Crippen molar-refractivity contribution in [3.63, 3.8) is 0 Å². The number of imidazole rings is 1. The SMILES string of the molecule is CC(NC(=O)c1c(C(F)(F)F)nc2ccc(F)cn12)c1ccc(Cl)cc1. The van der Waals surface area contributed by atoms with Crippen LogP contribution in [0.5, 0.6) is 0 Å². The molecule has 0 aliphatic carbocycles. The van der Waals surface area contributed by atoms with Crippen LogP contribution in [0.1, 0.15) is 34.7 Å². The molecule has 1 N–H and O–H groups in total. The standard InChI is InChI=1S/C17H12ClF4N3O/c1-9(10-2-4-11(18)5-3-10)23-16(26)14-15(17(20,21)22)24-13-7-6-12(19)8-25(13)14/h2-9H,1H3,(H,23,26). The number of alkyl halides is 3. The average molecular weight is 386 g/mol. The maximum atomic E-state index is 13.5. The molecule has 0 aliphatic rings. The molecule has 136 valence electrons. The lowest BCUT2D eigenvalue weighted by Crippen LogP contribution is -2.29. The number of nitrogens with zero attached hydrogens (tertiary/aromatic N) is 2. The Morgan fingerprint density at radius 2 is 1.85 bits per heavy atom. The van der Waals surface area contributed by atoms with Gasteiger partial charge in [0.05, 0.1) is 6.04 Å². The number of benzene rings is 1. The summed E-state index contributed by atoms with van der Waals surface area (Å²) in [6, 6.07) is 7.94. The Kier molecular flexibility index (Phi) is 4.62. The molecular formula is C17H12ClF4N3O. The third-order valence-corrected chi connectivity index (χ3v) is 4.04. The van der Waals surface area contributed by atoms with Crippen LogP contribution >= 0.6 is 11.6 Å². The van der Waals surface area contributed by atoms with E-state index in [0.29, 0.717) is 10.6 Å². The molecule has 3 aromatic rings. The van der Waals surface area contributed by atoms with Crippen LogP contribution in [0.3, 0.4) is 0 Å².